The predicted molar refractivity (Wildman–Crippen MR) is 93.9 cm³/mol. The minimum Gasteiger partial charge on any atom is -0.284 e. The minimum absolute atomic E-state index is 0.0391. The minimum atomic E-state index is -3.73. The molecule has 2 aromatic carbocycles. The van der Waals surface area contributed by atoms with E-state index in [2.05, 4.69) is 0 Å². The van der Waals surface area contributed by atoms with Gasteiger partial charge in [-0.05, 0) is 53.6 Å². The second-order valence-electron chi connectivity index (χ2n) is 5.17. The fourth-order valence-corrected chi connectivity index (χ4v) is 2.94. The Morgan fingerprint density at radius 2 is 1.42 bits per heavy atom. The van der Waals surface area contributed by atoms with Gasteiger partial charge in [-0.15, -0.1) is 0 Å². The molecule has 0 unspecified atom stereocenters. The molecule has 1 heterocycles. The van der Waals surface area contributed by atoms with Crippen molar-refractivity contribution in [2.75, 3.05) is 0 Å². The molecule has 0 spiro atoms. The van der Waals surface area contributed by atoms with Gasteiger partial charge in [0.1, 0.15) is 0 Å². The maximum absolute atomic E-state index is 12.1. The molecule has 0 amide bonds. The van der Waals surface area contributed by atoms with Crippen LogP contribution in [0.2, 0.25) is 5.02 Å². The van der Waals surface area contributed by atoms with Gasteiger partial charge < -0.3 is 0 Å². The van der Waals surface area contributed by atoms with Crippen LogP contribution in [-0.2, 0) is 10.0 Å². The summed E-state index contributed by atoms with van der Waals surface area (Å²) in [4.78, 5) is 12.1. The van der Waals surface area contributed by atoms with Crippen molar-refractivity contribution >= 4 is 21.6 Å². The zero-order valence-corrected chi connectivity index (χ0v) is 14.0. The van der Waals surface area contributed by atoms with Gasteiger partial charge >= 0.3 is 0 Å². The highest BCUT2D eigenvalue weighted by Crippen LogP contribution is 2.21. The first kappa shape index (κ1) is 16.4. The fourth-order valence-electron chi connectivity index (χ4n) is 2.30. The molecule has 0 radical (unpaired) electrons. The Balaban J connectivity index is 2.05. The Morgan fingerprint density at radius 1 is 0.833 bits per heavy atom. The molecular weight excluding hydrogens is 348 g/mol. The van der Waals surface area contributed by atoms with E-state index in [1.165, 1.54) is 22.8 Å². The van der Waals surface area contributed by atoms with Crippen LogP contribution >= 0.6 is 11.6 Å². The lowest BCUT2D eigenvalue weighted by Crippen LogP contribution is -2.16. The maximum atomic E-state index is 12.1. The van der Waals surface area contributed by atoms with Crippen LogP contribution in [0.4, 0.5) is 0 Å². The summed E-state index contributed by atoms with van der Waals surface area (Å²) in [5.41, 5.74) is 2.05. The third-order valence-corrected chi connectivity index (χ3v) is 4.71. The molecule has 5 nitrogen and oxygen atoms in total. The summed E-state index contributed by atoms with van der Waals surface area (Å²) < 4.78 is 24.1. The van der Waals surface area contributed by atoms with Gasteiger partial charge in [-0.1, -0.05) is 23.7 Å². The number of nitrogens with zero attached hydrogens (tertiary/aromatic N) is 1. The average Bonchev–Trinajstić information content (AvgIpc) is 2.56. The van der Waals surface area contributed by atoms with Crippen molar-refractivity contribution in [3.8, 4) is 16.8 Å². The summed E-state index contributed by atoms with van der Waals surface area (Å²) in [6.07, 6.45) is 1.69. The first-order chi connectivity index (χ1) is 11.3. The van der Waals surface area contributed by atoms with E-state index in [1.807, 2.05) is 0 Å². The zero-order valence-electron chi connectivity index (χ0n) is 12.4. The molecule has 0 atom stereocenters. The number of aromatic nitrogens is 1. The molecule has 0 aliphatic heterocycles. The Bertz CT molecular complexity index is 1040. The van der Waals surface area contributed by atoms with Gasteiger partial charge in [0, 0.05) is 23.0 Å². The van der Waals surface area contributed by atoms with Gasteiger partial charge in [0.25, 0.3) is 5.56 Å². The first-order valence-electron chi connectivity index (χ1n) is 6.96. The van der Waals surface area contributed by atoms with Crippen molar-refractivity contribution in [2.45, 2.75) is 4.90 Å². The van der Waals surface area contributed by atoms with Crippen molar-refractivity contribution in [3.63, 3.8) is 0 Å². The van der Waals surface area contributed by atoms with Gasteiger partial charge in [-0.3, -0.25) is 9.36 Å². The quantitative estimate of drug-likeness (QED) is 0.779. The molecule has 1 aromatic heterocycles. The van der Waals surface area contributed by atoms with Gasteiger partial charge in [0.2, 0.25) is 10.0 Å². The molecule has 0 saturated heterocycles. The number of benzene rings is 2. The predicted octanol–water partition coefficient (Wildman–Crippen LogP) is 2.81. The summed E-state index contributed by atoms with van der Waals surface area (Å²) in [6, 6.07) is 16.2. The second kappa shape index (κ2) is 6.24. The normalized spacial score (nSPS) is 11.4. The fraction of sp³-hybridized carbons (Fsp3) is 0. The standard InChI is InChI=1S/C17H13ClN2O3S/c18-14-4-6-15(7-5-14)20-11-13(3-10-17(20)21)12-1-8-16(9-2-12)24(19,22)23/h1-11H,(H2,19,22,23). The zero-order chi connectivity index (χ0) is 17.3. The Kier molecular flexibility index (Phi) is 4.28. The van der Waals surface area contributed by atoms with Crippen LogP contribution < -0.4 is 10.7 Å². The van der Waals surface area contributed by atoms with Crippen LogP contribution in [0.15, 0.2) is 76.6 Å². The lowest BCUT2D eigenvalue weighted by Gasteiger charge is -2.09. The van der Waals surface area contributed by atoms with Crippen LogP contribution in [0, 0.1) is 0 Å². The lowest BCUT2D eigenvalue weighted by atomic mass is 10.1. The Morgan fingerprint density at radius 3 is 2.00 bits per heavy atom. The van der Waals surface area contributed by atoms with E-state index in [-0.39, 0.29) is 10.5 Å². The van der Waals surface area contributed by atoms with Crippen molar-refractivity contribution in [1.82, 2.24) is 4.57 Å². The average molecular weight is 361 g/mol. The van der Waals surface area contributed by atoms with Crippen LogP contribution in [0.1, 0.15) is 0 Å². The summed E-state index contributed by atoms with van der Waals surface area (Å²) in [5.74, 6) is 0. The van der Waals surface area contributed by atoms with Gasteiger partial charge in [0.05, 0.1) is 4.90 Å². The molecule has 3 rings (SSSR count). The molecule has 122 valence electrons. The SMILES string of the molecule is NS(=O)(=O)c1ccc(-c2ccc(=O)n(-c3ccc(Cl)cc3)c2)cc1. The highest BCUT2D eigenvalue weighted by Gasteiger charge is 2.08. The number of sulfonamides is 1. The number of pyridine rings is 1. The molecule has 0 bridgehead atoms. The summed E-state index contributed by atoms with van der Waals surface area (Å²) >= 11 is 5.87. The van der Waals surface area contributed by atoms with E-state index in [0.29, 0.717) is 10.7 Å². The highest BCUT2D eigenvalue weighted by molar-refractivity contribution is 7.89. The van der Waals surface area contributed by atoms with Crippen molar-refractivity contribution in [1.29, 1.82) is 0 Å². The van der Waals surface area contributed by atoms with Gasteiger partial charge in [-0.25, -0.2) is 13.6 Å². The number of rotatable bonds is 3. The Labute approximate surface area is 144 Å². The van der Waals surface area contributed by atoms with Crippen molar-refractivity contribution in [3.05, 3.63) is 82.2 Å². The van der Waals surface area contributed by atoms with E-state index in [1.54, 1.807) is 48.7 Å². The van der Waals surface area contributed by atoms with Crippen LogP contribution in [-0.4, -0.2) is 13.0 Å². The largest absolute Gasteiger partial charge is 0.284 e. The number of hydrogen-bond donors (Lipinski definition) is 1. The van der Waals surface area contributed by atoms with Gasteiger partial charge in [0.15, 0.2) is 0 Å². The Hall–Kier alpha value is -2.41. The third-order valence-electron chi connectivity index (χ3n) is 3.53. The molecule has 3 aromatic rings. The molecule has 0 saturated carbocycles. The summed E-state index contributed by atoms with van der Waals surface area (Å²) in [7, 11) is -3.73. The van der Waals surface area contributed by atoms with E-state index in [9.17, 15) is 13.2 Å². The van der Waals surface area contributed by atoms with E-state index >= 15 is 0 Å². The molecule has 0 fully saturated rings. The number of nitrogens with two attached hydrogens (primary N) is 1. The lowest BCUT2D eigenvalue weighted by molar-refractivity contribution is 0.598. The third kappa shape index (κ3) is 3.41. The van der Waals surface area contributed by atoms with Crippen molar-refractivity contribution in [2.24, 2.45) is 5.14 Å². The smallest absolute Gasteiger partial charge is 0.255 e. The van der Waals surface area contributed by atoms with Gasteiger partial charge in [-0.2, -0.15) is 0 Å². The second-order valence-corrected chi connectivity index (χ2v) is 7.17. The summed E-state index contributed by atoms with van der Waals surface area (Å²) in [5, 5.41) is 5.68. The number of halogens is 1. The number of hydrogen-bond acceptors (Lipinski definition) is 3. The molecule has 2 N–H and O–H groups in total. The van der Waals surface area contributed by atoms with E-state index in [0.717, 1.165) is 11.1 Å². The maximum Gasteiger partial charge on any atom is 0.255 e. The monoisotopic (exact) mass is 360 g/mol. The molecule has 24 heavy (non-hydrogen) atoms. The topological polar surface area (TPSA) is 82.2 Å². The first-order valence-corrected chi connectivity index (χ1v) is 8.89. The van der Waals surface area contributed by atoms with Crippen LogP contribution in [0.5, 0.6) is 0 Å². The van der Waals surface area contributed by atoms with Crippen molar-refractivity contribution < 1.29 is 8.42 Å². The molecular formula is C17H13ClN2O3S. The van der Waals surface area contributed by atoms with Crippen LogP contribution in [0.25, 0.3) is 16.8 Å². The molecule has 0 aliphatic rings. The molecule has 7 heteroatoms. The van der Waals surface area contributed by atoms with E-state index in [4.69, 9.17) is 16.7 Å². The van der Waals surface area contributed by atoms with Crippen LogP contribution in [0.3, 0.4) is 0 Å². The number of primary sulfonamides is 1. The van der Waals surface area contributed by atoms with E-state index < -0.39 is 10.0 Å². The molecule has 0 aliphatic carbocycles. The highest BCUT2D eigenvalue weighted by atomic mass is 35.5. The summed E-state index contributed by atoms with van der Waals surface area (Å²) in [6.45, 7) is 0.